The summed E-state index contributed by atoms with van der Waals surface area (Å²) in [7, 11) is -2.31. The summed E-state index contributed by atoms with van der Waals surface area (Å²) < 4.78 is 33.6. The minimum absolute atomic E-state index is 0.0779. The third kappa shape index (κ3) is 3.16. The predicted molar refractivity (Wildman–Crippen MR) is 79.3 cm³/mol. The van der Waals surface area contributed by atoms with Crippen molar-refractivity contribution in [1.29, 1.82) is 0 Å². The number of benzene rings is 1. The van der Waals surface area contributed by atoms with E-state index in [-0.39, 0.29) is 17.3 Å². The highest BCUT2D eigenvalue weighted by Crippen LogP contribution is 2.33. The number of halogens is 1. The quantitative estimate of drug-likeness (QED) is 0.839. The van der Waals surface area contributed by atoms with Gasteiger partial charge in [-0.3, -0.25) is 0 Å². The van der Waals surface area contributed by atoms with Crippen LogP contribution in [0.15, 0.2) is 27.6 Å². The molecule has 5 nitrogen and oxygen atoms in total. The van der Waals surface area contributed by atoms with Gasteiger partial charge in [0.25, 0.3) is 0 Å². The monoisotopic (exact) mass is 363 g/mol. The molecule has 7 heteroatoms. The Morgan fingerprint density at radius 1 is 1.40 bits per heavy atom. The molecule has 1 aliphatic rings. The molecule has 0 unspecified atom stereocenters. The summed E-state index contributed by atoms with van der Waals surface area (Å²) in [6, 6.07) is 4.81. The van der Waals surface area contributed by atoms with Crippen LogP contribution in [0.5, 0.6) is 5.75 Å². The summed E-state index contributed by atoms with van der Waals surface area (Å²) in [5.41, 5.74) is -0.744. The predicted octanol–water partition coefficient (Wildman–Crippen LogP) is 2.04. The maximum absolute atomic E-state index is 12.6. The molecule has 112 valence electrons. The van der Waals surface area contributed by atoms with Gasteiger partial charge in [-0.25, -0.2) is 13.1 Å². The van der Waals surface area contributed by atoms with Crippen LogP contribution in [0.3, 0.4) is 0 Å². The highest BCUT2D eigenvalue weighted by atomic mass is 79.9. The Hall–Kier alpha value is -0.630. The smallest absolute Gasteiger partial charge is 0.244 e. The number of aliphatic hydroxyl groups is 1. The Morgan fingerprint density at radius 2 is 2.05 bits per heavy atom. The van der Waals surface area contributed by atoms with Crippen LogP contribution >= 0.6 is 15.9 Å². The highest BCUT2D eigenvalue weighted by molar-refractivity contribution is 9.10. The number of aliphatic hydroxyl groups excluding tert-OH is 1. The normalized spacial score (nSPS) is 18.1. The summed E-state index contributed by atoms with van der Waals surface area (Å²) in [6.07, 6.45) is 3.13. The van der Waals surface area contributed by atoms with E-state index < -0.39 is 15.6 Å². The molecular formula is C13H18BrNO4S. The molecule has 1 aliphatic carbocycles. The van der Waals surface area contributed by atoms with Gasteiger partial charge in [-0.05, 0) is 31.0 Å². The molecule has 1 saturated carbocycles. The zero-order chi connectivity index (χ0) is 14.8. The zero-order valence-corrected chi connectivity index (χ0v) is 13.6. The van der Waals surface area contributed by atoms with Gasteiger partial charge in [-0.2, -0.15) is 0 Å². The summed E-state index contributed by atoms with van der Waals surface area (Å²) in [4.78, 5) is 0.0779. The van der Waals surface area contributed by atoms with Crippen molar-refractivity contribution in [3.63, 3.8) is 0 Å². The van der Waals surface area contributed by atoms with Crippen LogP contribution in [-0.4, -0.2) is 32.8 Å². The van der Waals surface area contributed by atoms with Crippen molar-refractivity contribution in [3.8, 4) is 5.75 Å². The SMILES string of the molecule is COc1ccc(Br)cc1S(=O)(=O)NC1(CO)CCCC1. The number of ether oxygens (including phenoxy) is 1. The zero-order valence-electron chi connectivity index (χ0n) is 11.2. The Bertz CT molecular complexity index is 582. The van der Waals surface area contributed by atoms with Gasteiger partial charge in [0.05, 0.1) is 19.3 Å². The van der Waals surface area contributed by atoms with E-state index in [0.717, 1.165) is 12.8 Å². The molecule has 0 aromatic heterocycles. The molecule has 0 aliphatic heterocycles. The molecule has 0 heterocycles. The van der Waals surface area contributed by atoms with Gasteiger partial charge in [-0.1, -0.05) is 28.8 Å². The molecule has 1 aromatic rings. The van der Waals surface area contributed by atoms with Gasteiger partial charge in [0.2, 0.25) is 10.0 Å². The first-order valence-corrected chi connectivity index (χ1v) is 8.68. The lowest BCUT2D eigenvalue weighted by Gasteiger charge is -2.27. The van der Waals surface area contributed by atoms with E-state index >= 15 is 0 Å². The molecule has 0 spiro atoms. The van der Waals surface area contributed by atoms with Gasteiger partial charge >= 0.3 is 0 Å². The lowest BCUT2D eigenvalue weighted by Crippen LogP contribution is -2.49. The molecule has 20 heavy (non-hydrogen) atoms. The summed E-state index contributed by atoms with van der Waals surface area (Å²) in [6.45, 7) is -0.192. The maximum atomic E-state index is 12.6. The maximum Gasteiger partial charge on any atom is 0.244 e. The first kappa shape index (κ1) is 15.8. The van der Waals surface area contributed by atoms with E-state index in [9.17, 15) is 13.5 Å². The van der Waals surface area contributed by atoms with Gasteiger partial charge in [0, 0.05) is 4.47 Å². The number of methoxy groups -OCH3 is 1. The van der Waals surface area contributed by atoms with Gasteiger partial charge in [0.15, 0.2) is 0 Å². The molecule has 0 saturated heterocycles. The fraction of sp³-hybridized carbons (Fsp3) is 0.538. The Kier molecular flexibility index (Phi) is 4.73. The topological polar surface area (TPSA) is 75.6 Å². The molecule has 1 aromatic carbocycles. The van der Waals surface area contributed by atoms with E-state index in [1.165, 1.54) is 13.2 Å². The summed E-state index contributed by atoms with van der Waals surface area (Å²) in [5.74, 6) is 0.284. The van der Waals surface area contributed by atoms with E-state index in [1.54, 1.807) is 12.1 Å². The van der Waals surface area contributed by atoms with Crippen LogP contribution in [0.4, 0.5) is 0 Å². The Balaban J connectivity index is 2.37. The van der Waals surface area contributed by atoms with Crippen molar-refractivity contribution in [2.75, 3.05) is 13.7 Å². The first-order valence-electron chi connectivity index (χ1n) is 6.41. The fourth-order valence-corrected chi connectivity index (χ4v) is 4.70. The molecule has 0 radical (unpaired) electrons. The van der Waals surface area contributed by atoms with Crippen LogP contribution < -0.4 is 9.46 Å². The van der Waals surface area contributed by atoms with Gasteiger partial charge < -0.3 is 9.84 Å². The lowest BCUT2D eigenvalue weighted by atomic mass is 10.0. The van der Waals surface area contributed by atoms with Gasteiger partial charge in [-0.15, -0.1) is 0 Å². The van der Waals surface area contributed by atoms with Crippen molar-refractivity contribution in [2.24, 2.45) is 0 Å². The van der Waals surface area contributed by atoms with E-state index in [0.29, 0.717) is 17.3 Å². The second-order valence-electron chi connectivity index (χ2n) is 5.05. The van der Waals surface area contributed by atoms with E-state index in [2.05, 4.69) is 20.7 Å². The van der Waals surface area contributed by atoms with Crippen molar-refractivity contribution < 1.29 is 18.3 Å². The minimum Gasteiger partial charge on any atom is -0.495 e. The molecular weight excluding hydrogens is 346 g/mol. The average molecular weight is 364 g/mol. The van der Waals surface area contributed by atoms with Crippen molar-refractivity contribution in [1.82, 2.24) is 4.72 Å². The van der Waals surface area contributed by atoms with E-state index in [4.69, 9.17) is 4.74 Å². The van der Waals surface area contributed by atoms with Crippen LogP contribution in [0.1, 0.15) is 25.7 Å². The second-order valence-corrected chi connectivity index (χ2v) is 7.61. The summed E-state index contributed by atoms with van der Waals surface area (Å²) >= 11 is 3.26. The van der Waals surface area contributed by atoms with Crippen molar-refractivity contribution >= 4 is 26.0 Å². The lowest BCUT2D eigenvalue weighted by molar-refractivity contribution is 0.185. The van der Waals surface area contributed by atoms with E-state index in [1.807, 2.05) is 0 Å². The van der Waals surface area contributed by atoms with Gasteiger partial charge in [0.1, 0.15) is 10.6 Å². The third-order valence-corrected chi connectivity index (χ3v) is 5.72. The van der Waals surface area contributed by atoms with Crippen LogP contribution in [0, 0.1) is 0 Å². The average Bonchev–Trinajstić information content (AvgIpc) is 2.87. The molecule has 2 N–H and O–H groups in total. The van der Waals surface area contributed by atoms with Crippen LogP contribution in [-0.2, 0) is 10.0 Å². The standard InChI is InChI=1S/C13H18BrNO4S/c1-19-11-5-4-10(14)8-12(11)20(17,18)15-13(9-16)6-2-3-7-13/h4-5,8,15-16H,2-3,6-7,9H2,1H3. The molecule has 1 fully saturated rings. The highest BCUT2D eigenvalue weighted by Gasteiger charge is 2.38. The van der Waals surface area contributed by atoms with Crippen molar-refractivity contribution in [3.05, 3.63) is 22.7 Å². The number of nitrogens with one attached hydrogen (secondary N) is 1. The number of rotatable bonds is 5. The second kappa shape index (κ2) is 6.01. The van der Waals surface area contributed by atoms with Crippen LogP contribution in [0.25, 0.3) is 0 Å². The number of sulfonamides is 1. The molecule has 0 atom stereocenters. The Labute approximate surface area is 127 Å². The largest absolute Gasteiger partial charge is 0.495 e. The first-order chi connectivity index (χ1) is 9.42. The Morgan fingerprint density at radius 3 is 2.60 bits per heavy atom. The van der Waals surface area contributed by atoms with Crippen LogP contribution in [0.2, 0.25) is 0 Å². The number of hydrogen-bond donors (Lipinski definition) is 2. The minimum atomic E-state index is -3.74. The molecule has 0 bridgehead atoms. The number of hydrogen-bond acceptors (Lipinski definition) is 4. The molecule has 2 rings (SSSR count). The molecule has 0 amide bonds. The van der Waals surface area contributed by atoms with Crippen molar-refractivity contribution in [2.45, 2.75) is 36.1 Å². The fourth-order valence-electron chi connectivity index (χ4n) is 2.54. The third-order valence-electron chi connectivity index (χ3n) is 3.63. The summed E-state index contributed by atoms with van der Waals surface area (Å²) in [5, 5.41) is 9.54.